The number of anilines is 1. The van der Waals surface area contributed by atoms with Gasteiger partial charge in [0, 0.05) is 17.1 Å². The highest BCUT2D eigenvalue weighted by Gasteiger charge is 2.14. The van der Waals surface area contributed by atoms with Gasteiger partial charge in [-0.25, -0.2) is 0 Å². The van der Waals surface area contributed by atoms with Crippen LogP contribution < -0.4 is 5.32 Å². The van der Waals surface area contributed by atoms with Crippen LogP contribution in [-0.2, 0) is 7.05 Å². The summed E-state index contributed by atoms with van der Waals surface area (Å²) in [4.78, 5) is 12.2. The van der Waals surface area contributed by atoms with E-state index in [9.17, 15) is 4.79 Å². The molecule has 0 aliphatic carbocycles. The zero-order valence-electron chi connectivity index (χ0n) is 10.8. The Bertz CT molecular complexity index is 652. The number of hydrogen-bond donors (Lipinski definition) is 1. The minimum atomic E-state index is -0.184. The first-order chi connectivity index (χ1) is 8.90. The van der Waals surface area contributed by atoms with Gasteiger partial charge < -0.3 is 5.32 Å². The molecule has 0 saturated heterocycles. The molecule has 1 amide bonds. The molecule has 1 heterocycles. The summed E-state index contributed by atoms with van der Waals surface area (Å²) in [6.07, 6.45) is 0. The van der Waals surface area contributed by atoms with Gasteiger partial charge in [-0.1, -0.05) is 11.6 Å². The lowest BCUT2D eigenvalue weighted by atomic mass is 10.2. The van der Waals surface area contributed by atoms with Crippen LogP contribution in [0.15, 0.2) is 22.7 Å². The van der Waals surface area contributed by atoms with Gasteiger partial charge in [0.1, 0.15) is 0 Å². The average Bonchev–Trinajstić information content (AvgIpc) is 2.59. The summed E-state index contributed by atoms with van der Waals surface area (Å²) in [6.45, 7) is 3.77. The molecule has 6 heteroatoms. The normalized spacial score (nSPS) is 10.6. The third-order valence-electron chi connectivity index (χ3n) is 2.93. The summed E-state index contributed by atoms with van der Waals surface area (Å²) in [6, 6.07) is 5.06. The van der Waals surface area contributed by atoms with Crippen LogP contribution in [0.5, 0.6) is 0 Å². The molecule has 0 aliphatic rings. The molecule has 2 rings (SSSR count). The van der Waals surface area contributed by atoms with E-state index in [-0.39, 0.29) is 5.91 Å². The summed E-state index contributed by atoms with van der Waals surface area (Å²) in [5.74, 6) is -0.184. The molecular weight excluding hydrogens is 330 g/mol. The molecule has 0 atom stereocenters. The van der Waals surface area contributed by atoms with Gasteiger partial charge in [-0.3, -0.25) is 9.48 Å². The highest BCUT2D eigenvalue weighted by molar-refractivity contribution is 9.10. The molecule has 100 valence electrons. The maximum Gasteiger partial charge on any atom is 0.255 e. The highest BCUT2D eigenvalue weighted by atomic mass is 79.9. The molecule has 0 saturated carbocycles. The van der Waals surface area contributed by atoms with Crippen molar-refractivity contribution in [2.75, 3.05) is 5.32 Å². The van der Waals surface area contributed by atoms with E-state index in [0.29, 0.717) is 15.1 Å². The lowest BCUT2D eigenvalue weighted by molar-refractivity contribution is 0.102. The summed E-state index contributed by atoms with van der Waals surface area (Å²) in [7, 11) is 1.84. The molecule has 0 aliphatic heterocycles. The van der Waals surface area contributed by atoms with E-state index in [2.05, 4.69) is 26.3 Å². The number of halogens is 2. The second-order valence-electron chi connectivity index (χ2n) is 4.25. The van der Waals surface area contributed by atoms with Crippen LogP contribution in [0, 0.1) is 13.8 Å². The molecule has 0 radical (unpaired) electrons. The Kier molecular flexibility index (Phi) is 3.96. The molecular formula is C13H13BrClN3O. The van der Waals surface area contributed by atoms with Gasteiger partial charge in [0.15, 0.2) is 0 Å². The fourth-order valence-corrected chi connectivity index (χ4v) is 2.27. The molecule has 0 spiro atoms. The van der Waals surface area contributed by atoms with E-state index < -0.39 is 0 Å². The predicted octanol–water partition coefficient (Wildman–Crippen LogP) is 3.71. The first kappa shape index (κ1) is 14.1. The van der Waals surface area contributed by atoms with Crippen LogP contribution in [0.25, 0.3) is 0 Å². The summed E-state index contributed by atoms with van der Waals surface area (Å²) < 4.78 is 2.43. The van der Waals surface area contributed by atoms with Crippen molar-refractivity contribution in [1.29, 1.82) is 0 Å². The van der Waals surface area contributed by atoms with E-state index in [1.54, 1.807) is 22.9 Å². The van der Waals surface area contributed by atoms with Gasteiger partial charge in [-0.15, -0.1) is 0 Å². The van der Waals surface area contributed by atoms with E-state index in [0.717, 1.165) is 17.1 Å². The van der Waals surface area contributed by atoms with Gasteiger partial charge in [0.2, 0.25) is 0 Å². The van der Waals surface area contributed by atoms with Crippen molar-refractivity contribution in [3.05, 3.63) is 44.6 Å². The van der Waals surface area contributed by atoms with Gasteiger partial charge in [-0.2, -0.15) is 5.10 Å². The SMILES string of the molecule is Cc1nn(C)c(C)c1NC(=O)c1ccc(Cl)c(Br)c1. The molecule has 0 unspecified atom stereocenters. The van der Waals surface area contributed by atoms with Crippen molar-refractivity contribution in [1.82, 2.24) is 9.78 Å². The Hall–Kier alpha value is -1.33. The summed E-state index contributed by atoms with van der Waals surface area (Å²) in [5.41, 5.74) is 3.00. The van der Waals surface area contributed by atoms with Crippen LogP contribution in [-0.4, -0.2) is 15.7 Å². The molecule has 1 aromatic heterocycles. The molecule has 2 aromatic rings. The minimum Gasteiger partial charge on any atom is -0.319 e. The van der Waals surface area contributed by atoms with Gasteiger partial charge >= 0.3 is 0 Å². The van der Waals surface area contributed by atoms with Gasteiger partial charge in [0.05, 0.1) is 22.1 Å². The van der Waals surface area contributed by atoms with Crippen LogP contribution in [0.4, 0.5) is 5.69 Å². The number of nitrogens with one attached hydrogen (secondary N) is 1. The number of aromatic nitrogens is 2. The smallest absolute Gasteiger partial charge is 0.255 e. The second-order valence-corrected chi connectivity index (χ2v) is 5.51. The number of rotatable bonds is 2. The Balaban J connectivity index is 2.28. The zero-order valence-corrected chi connectivity index (χ0v) is 13.1. The maximum atomic E-state index is 12.2. The van der Waals surface area contributed by atoms with E-state index in [4.69, 9.17) is 11.6 Å². The Morgan fingerprint density at radius 2 is 2.11 bits per heavy atom. The molecule has 0 fully saturated rings. The molecule has 1 aromatic carbocycles. The zero-order chi connectivity index (χ0) is 14.2. The molecule has 1 N–H and O–H groups in total. The van der Waals surface area contributed by atoms with Crippen molar-refractivity contribution in [3.63, 3.8) is 0 Å². The van der Waals surface area contributed by atoms with Crippen LogP contribution >= 0.6 is 27.5 Å². The van der Waals surface area contributed by atoms with E-state index in [1.165, 1.54) is 0 Å². The van der Waals surface area contributed by atoms with Gasteiger partial charge in [0.25, 0.3) is 5.91 Å². The lowest BCUT2D eigenvalue weighted by Crippen LogP contribution is -2.13. The first-order valence-corrected chi connectivity index (χ1v) is 6.84. The quantitative estimate of drug-likeness (QED) is 0.904. The topological polar surface area (TPSA) is 46.9 Å². The summed E-state index contributed by atoms with van der Waals surface area (Å²) >= 11 is 9.21. The number of carbonyl (C=O) groups is 1. The fraction of sp³-hybridized carbons (Fsp3) is 0.231. The van der Waals surface area contributed by atoms with E-state index in [1.807, 2.05) is 20.9 Å². The second kappa shape index (κ2) is 5.35. The van der Waals surface area contributed by atoms with Crippen molar-refractivity contribution in [2.24, 2.45) is 7.05 Å². The van der Waals surface area contributed by atoms with Crippen LogP contribution in [0.1, 0.15) is 21.7 Å². The number of hydrogen-bond acceptors (Lipinski definition) is 2. The van der Waals surface area contributed by atoms with Crippen molar-refractivity contribution >= 4 is 39.1 Å². The number of aryl methyl sites for hydroxylation is 2. The molecule has 0 bridgehead atoms. The third-order valence-corrected chi connectivity index (χ3v) is 4.14. The largest absolute Gasteiger partial charge is 0.319 e. The van der Waals surface area contributed by atoms with E-state index >= 15 is 0 Å². The monoisotopic (exact) mass is 341 g/mol. The molecule has 4 nitrogen and oxygen atoms in total. The van der Waals surface area contributed by atoms with Crippen LogP contribution in [0.2, 0.25) is 5.02 Å². The van der Waals surface area contributed by atoms with Crippen molar-refractivity contribution in [3.8, 4) is 0 Å². The number of nitrogens with zero attached hydrogens (tertiary/aromatic N) is 2. The molecule has 19 heavy (non-hydrogen) atoms. The third kappa shape index (κ3) is 2.82. The van der Waals surface area contributed by atoms with Gasteiger partial charge in [-0.05, 0) is 48.0 Å². The highest BCUT2D eigenvalue weighted by Crippen LogP contribution is 2.24. The maximum absolute atomic E-state index is 12.2. The van der Waals surface area contributed by atoms with Crippen molar-refractivity contribution in [2.45, 2.75) is 13.8 Å². The fourth-order valence-electron chi connectivity index (χ4n) is 1.78. The Morgan fingerprint density at radius 3 is 2.63 bits per heavy atom. The predicted molar refractivity (Wildman–Crippen MR) is 79.8 cm³/mol. The Labute approximate surface area is 124 Å². The summed E-state index contributed by atoms with van der Waals surface area (Å²) in [5, 5.41) is 7.71. The van der Waals surface area contributed by atoms with Crippen molar-refractivity contribution < 1.29 is 4.79 Å². The number of carbonyl (C=O) groups excluding carboxylic acids is 1. The lowest BCUT2D eigenvalue weighted by Gasteiger charge is -2.06. The average molecular weight is 343 g/mol. The standard InChI is InChI=1S/C13H13BrClN3O/c1-7-12(8(2)18(3)17-7)16-13(19)9-4-5-11(15)10(14)6-9/h4-6H,1-3H3,(H,16,19). The number of amides is 1. The van der Waals surface area contributed by atoms with Crippen LogP contribution in [0.3, 0.4) is 0 Å². The number of benzene rings is 1. The minimum absolute atomic E-state index is 0.184. The Morgan fingerprint density at radius 1 is 1.42 bits per heavy atom. The first-order valence-electron chi connectivity index (χ1n) is 5.66.